The van der Waals surface area contributed by atoms with E-state index in [1.165, 1.54) is 0 Å². The highest BCUT2D eigenvalue weighted by atomic mass is 79.9. The topological polar surface area (TPSA) is 93.7 Å². The molecule has 2 N–H and O–H groups in total. The van der Waals surface area contributed by atoms with Crippen molar-refractivity contribution in [2.75, 3.05) is 27.9 Å². The van der Waals surface area contributed by atoms with Crippen LogP contribution in [0.5, 0.6) is 23.0 Å². The average Bonchev–Trinajstić information content (AvgIpc) is 3.37. The molecule has 10 heteroatoms. The Morgan fingerprint density at radius 2 is 1.57 bits per heavy atom. The summed E-state index contributed by atoms with van der Waals surface area (Å²) in [6.07, 6.45) is 3.61. The van der Waals surface area contributed by atoms with Gasteiger partial charge < -0.3 is 29.2 Å². The number of nitrogens with zero attached hydrogens (tertiary/aromatic N) is 3. The van der Waals surface area contributed by atoms with E-state index in [4.69, 9.17) is 41.3 Å². The molecule has 5 rings (SSSR count). The summed E-state index contributed by atoms with van der Waals surface area (Å²) in [7, 11) is 4.96. The third-order valence-electron chi connectivity index (χ3n) is 7.29. The predicted octanol–water partition coefficient (Wildman–Crippen LogP) is 7.33. The van der Waals surface area contributed by atoms with Crippen molar-refractivity contribution in [3.63, 3.8) is 0 Å². The maximum absolute atomic E-state index is 6.70. The van der Waals surface area contributed by atoms with Crippen molar-refractivity contribution in [3.05, 3.63) is 81.2 Å². The van der Waals surface area contributed by atoms with Crippen LogP contribution >= 0.6 is 27.5 Å². The molecule has 0 spiro atoms. The lowest BCUT2D eigenvalue weighted by atomic mass is 10.1. The second kappa shape index (κ2) is 13.6. The number of hydrogen-bond acceptors (Lipinski definition) is 7. The Morgan fingerprint density at radius 1 is 0.833 bits per heavy atom. The van der Waals surface area contributed by atoms with Gasteiger partial charge in [-0.1, -0.05) is 33.6 Å². The van der Waals surface area contributed by atoms with E-state index in [-0.39, 0.29) is 0 Å². The number of nitrogens with two attached hydrogens (primary N) is 1. The summed E-state index contributed by atoms with van der Waals surface area (Å²) in [4.78, 5) is 9.65. The standard InChI is InChI=1S/C32H34BrClN4O4/c1-39-23-11-9-21(28(16-23)41-3)19-38-29(37-30-31(38)25-13-10-22(33)15-26(25)36-32(30)34)7-5-4-6-14-42-24-12-8-20(18-35)27(17-24)40-2/h8-13,15-17H,4-7,14,18-19,35H2,1-3H3. The molecule has 0 fully saturated rings. The Bertz CT molecular complexity index is 1710. The minimum absolute atomic E-state index is 0.391. The lowest BCUT2D eigenvalue weighted by Crippen LogP contribution is -2.07. The first-order valence-corrected chi connectivity index (χ1v) is 15.0. The van der Waals surface area contributed by atoms with Crippen LogP contribution < -0.4 is 24.7 Å². The highest BCUT2D eigenvalue weighted by molar-refractivity contribution is 9.10. The van der Waals surface area contributed by atoms with Gasteiger partial charge in [0.2, 0.25) is 0 Å². The normalized spacial score (nSPS) is 11.3. The molecule has 0 saturated carbocycles. The number of pyridine rings is 1. The largest absolute Gasteiger partial charge is 0.497 e. The van der Waals surface area contributed by atoms with Crippen LogP contribution in [0.25, 0.3) is 21.9 Å². The first-order chi connectivity index (χ1) is 20.4. The molecule has 0 amide bonds. The number of fused-ring (bicyclic) bond motifs is 3. The molecule has 220 valence electrons. The Morgan fingerprint density at radius 3 is 2.33 bits per heavy atom. The van der Waals surface area contributed by atoms with Gasteiger partial charge in [-0.3, -0.25) is 0 Å². The van der Waals surface area contributed by atoms with Crippen LogP contribution in [-0.4, -0.2) is 42.5 Å². The van der Waals surface area contributed by atoms with Crippen LogP contribution in [0, 0.1) is 0 Å². The number of aryl methyl sites for hydroxylation is 1. The van der Waals surface area contributed by atoms with Gasteiger partial charge in [-0.25, -0.2) is 9.97 Å². The van der Waals surface area contributed by atoms with Crippen molar-refractivity contribution in [1.82, 2.24) is 14.5 Å². The molecular weight excluding hydrogens is 620 g/mol. The van der Waals surface area contributed by atoms with Gasteiger partial charge in [0, 0.05) is 46.1 Å². The van der Waals surface area contributed by atoms with E-state index in [9.17, 15) is 0 Å². The zero-order valence-corrected chi connectivity index (χ0v) is 26.3. The van der Waals surface area contributed by atoms with Crippen LogP contribution in [0.15, 0.2) is 59.1 Å². The van der Waals surface area contributed by atoms with Gasteiger partial charge in [0.1, 0.15) is 34.3 Å². The Labute approximate surface area is 258 Å². The summed E-state index contributed by atoms with van der Waals surface area (Å²) in [6, 6.07) is 17.7. The summed E-state index contributed by atoms with van der Waals surface area (Å²) in [6.45, 7) is 1.60. The van der Waals surface area contributed by atoms with Gasteiger partial charge in [0.05, 0.1) is 45.5 Å². The van der Waals surface area contributed by atoms with Crippen molar-refractivity contribution in [3.8, 4) is 23.0 Å². The van der Waals surface area contributed by atoms with Crippen molar-refractivity contribution >= 4 is 49.5 Å². The Balaban J connectivity index is 1.37. The number of rotatable bonds is 13. The fourth-order valence-corrected chi connectivity index (χ4v) is 5.69. The van der Waals surface area contributed by atoms with Crippen LogP contribution in [0.3, 0.4) is 0 Å². The van der Waals surface area contributed by atoms with Crippen molar-refractivity contribution < 1.29 is 18.9 Å². The molecule has 3 aromatic carbocycles. The molecule has 2 heterocycles. The number of ether oxygens (including phenoxy) is 4. The smallest absolute Gasteiger partial charge is 0.157 e. The van der Waals surface area contributed by atoms with E-state index in [0.717, 1.165) is 86.5 Å². The minimum atomic E-state index is 0.391. The van der Waals surface area contributed by atoms with Gasteiger partial charge in [0.15, 0.2) is 5.15 Å². The van der Waals surface area contributed by atoms with Crippen LogP contribution in [0.2, 0.25) is 5.15 Å². The highest BCUT2D eigenvalue weighted by Gasteiger charge is 2.19. The quantitative estimate of drug-likeness (QED) is 0.105. The molecule has 0 radical (unpaired) electrons. The predicted molar refractivity (Wildman–Crippen MR) is 170 cm³/mol. The molecule has 42 heavy (non-hydrogen) atoms. The number of hydrogen-bond donors (Lipinski definition) is 1. The van der Waals surface area contributed by atoms with Gasteiger partial charge in [-0.2, -0.15) is 0 Å². The average molecular weight is 654 g/mol. The minimum Gasteiger partial charge on any atom is -0.497 e. The number of aromatic nitrogens is 3. The van der Waals surface area contributed by atoms with E-state index in [1.54, 1.807) is 21.3 Å². The summed E-state index contributed by atoms with van der Waals surface area (Å²) >= 11 is 10.3. The molecule has 0 aliphatic carbocycles. The van der Waals surface area contributed by atoms with E-state index < -0.39 is 0 Å². The molecular formula is C32H34BrClN4O4. The zero-order valence-electron chi connectivity index (χ0n) is 24.0. The second-order valence-corrected chi connectivity index (χ2v) is 11.2. The van der Waals surface area contributed by atoms with Crippen molar-refractivity contribution in [1.29, 1.82) is 0 Å². The summed E-state index contributed by atoms with van der Waals surface area (Å²) in [5.41, 5.74) is 10.2. The lowest BCUT2D eigenvalue weighted by molar-refractivity contribution is 0.302. The van der Waals surface area contributed by atoms with Crippen molar-refractivity contribution in [2.24, 2.45) is 5.73 Å². The molecule has 8 nitrogen and oxygen atoms in total. The second-order valence-electron chi connectivity index (χ2n) is 9.89. The van der Waals surface area contributed by atoms with Crippen LogP contribution in [0.1, 0.15) is 36.2 Å². The number of benzene rings is 3. The van der Waals surface area contributed by atoms with E-state index >= 15 is 0 Å². The summed E-state index contributed by atoms with van der Waals surface area (Å²) in [5, 5.41) is 1.38. The van der Waals surface area contributed by atoms with Gasteiger partial charge in [-0.05, 0) is 55.7 Å². The summed E-state index contributed by atoms with van der Waals surface area (Å²) < 4.78 is 25.7. The maximum Gasteiger partial charge on any atom is 0.157 e. The fraction of sp³-hybridized carbons (Fsp3) is 0.312. The van der Waals surface area contributed by atoms with Gasteiger partial charge >= 0.3 is 0 Å². The van der Waals surface area contributed by atoms with E-state index in [1.807, 2.05) is 48.5 Å². The van der Waals surface area contributed by atoms with Crippen molar-refractivity contribution in [2.45, 2.75) is 38.8 Å². The molecule has 0 saturated heterocycles. The Kier molecular flexibility index (Phi) is 9.72. The fourth-order valence-electron chi connectivity index (χ4n) is 5.12. The third-order valence-corrected chi connectivity index (χ3v) is 8.05. The highest BCUT2D eigenvalue weighted by Crippen LogP contribution is 2.34. The number of methoxy groups -OCH3 is 3. The molecule has 0 bridgehead atoms. The molecule has 0 atom stereocenters. The first-order valence-electron chi connectivity index (χ1n) is 13.8. The van der Waals surface area contributed by atoms with Crippen LogP contribution in [-0.2, 0) is 19.5 Å². The molecule has 2 aromatic heterocycles. The number of halogens is 2. The molecule has 0 aliphatic heterocycles. The van der Waals surface area contributed by atoms with Gasteiger partial charge in [0.25, 0.3) is 0 Å². The molecule has 0 unspecified atom stereocenters. The third kappa shape index (κ3) is 6.43. The monoisotopic (exact) mass is 652 g/mol. The van der Waals surface area contributed by atoms with E-state index in [2.05, 4.69) is 31.5 Å². The first kappa shape index (κ1) is 29.9. The Hall–Kier alpha value is -3.53. The van der Waals surface area contributed by atoms with Gasteiger partial charge in [-0.15, -0.1) is 0 Å². The number of imidazole rings is 1. The molecule has 5 aromatic rings. The SMILES string of the molecule is COc1ccc(Cn2c(CCCCCOc3ccc(CN)c(OC)c3)nc3c(Cl)nc4cc(Br)ccc4c32)c(OC)c1. The maximum atomic E-state index is 6.70. The summed E-state index contributed by atoms with van der Waals surface area (Å²) in [5.74, 6) is 3.97. The van der Waals surface area contributed by atoms with Crippen LogP contribution in [0.4, 0.5) is 0 Å². The zero-order chi connectivity index (χ0) is 29.6. The molecule has 0 aliphatic rings. The van der Waals surface area contributed by atoms with E-state index in [0.29, 0.717) is 30.4 Å². The lowest BCUT2D eigenvalue weighted by Gasteiger charge is -2.15. The number of unbranched alkanes of at least 4 members (excludes halogenated alkanes) is 2.